The predicted molar refractivity (Wildman–Crippen MR) is 58.3 cm³/mol. The zero-order valence-corrected chi connectivity index (χ0v) is 9.36. The summed E-state index contributed by atoms with van der Waals surface area (Å²) in [5, 5.41) is 2.93. The fourth-order valence-electron chi connectivity index (χ4n) is 1.42. The van der Waals surface area contributed by atoms with Gasteiger partial charge in [-0.15, -0.1) is 0 Å². The van der Waals surface area contributed by atoms with Crippen LogP contribution in [0.15, 0.2) is 24.3 Å². The largest absolute Gasteiger partial charge is 0.389 e. The molecule has 0 fully saturated rings. The number of nitrogens with one attached hydrogen (secondary N) is 1. The molecule has 0 radical (unpaired) electrons. The molecular formula is C12H15F4N. The van der Waals surface area contributed by atoms with Crippen molar-refractivity contribution in [3.8, 4) is 0 Å². The molecule has 1 rings (SSSR count). The van der Waals surface area contributed by atoms with Crippen LogP contribution in [0.3, 0.4) is 0 Å². The molecule has 1 nitrogen and oxygen atoms in total. The van der Waals surface area contributed by atoms with Crippen LogP contribution in [-0.4, -0.2) is 19.3 Å². The number of hydrogen-bond acceptors (Lipinski definition) is 1. The van der Waals surface area contributed by atoms with Crippen molar-refractivity contribution >= 4 is 0 Å². The first-order chi connectivity index (χ1) is 7.97. The molecule has 0 saturated heterocycles. The van der Waals surface area contributed by atoms with Crippen LogP contribution in [0.2, 0.25) is 0 Å². The summed E-state index contributed by atoms with van der Waals surface area (Å²) in [6, 6.07) is 6.09. The second kappa shape index (κ2) is 6.59. The van der Waals surface area contributed by atoms with Gasteiger partial charge in [0.25, 0.3) is 0 Å². The Morgan fingerprint density at radius 2 is 1.65 bits per heavy atom. The zero-order valence-electron chi connectivity index (χ0n) is 9.36. The quantitative estimate of drug-likeness (QED) is 0.602. The molecule has 1 N–H and O–H groups in total. The fourth-order valence-corrected chi connectivity index (χ4v) is 1.42. The summed E-state index contributed by atoms with van der Waals surface area (Å²) in [5.74, 6) is -0.285. The molecule has 0 spiro atoms. The van der Waals surface area contributed by atoms with Crippen molar-refractivity contribution in [3.05, 3.63) is 35.6 Å². The molecule has 0 aromatic heterocycles. The maximum atomic E-state index is 12.6. The fraction of sp³-hybridized carbons (Fsp3) is 0.500. The Morgan fingerprint density at radius 3 is 2.24 bits per heavy atom. The van der Waals surface area contributed by atoms with Crippen molar-refractivity contribution in [3.63, 3.8) is 0 Å². The molecule has 0 aliphatic rings. The topological polar surface area (TPSA) is 12.0 Å². The van der Waals surface area contributed by atoms with Gasteiger partial charge in [0.05, 0.1) is 0 Å². The van der Waals surface area contributed by atoms with Crippen LogP contribution in [0.1, 0.15) is 18.4 Å². The molecule has 96 valence electrons. The van der Waals surface area contributed by atoms with E-state index in [2.05, 4.69) is 5.32 Å². The van der Waals surface area contributed by atoms with Crippen LogP contribution < -0.4 is 5.32 Å². The van der Waals surface area contributed by atoms with E-state index >= 15 is 0 Å². The summed E-state index contributed by atoms with van der Waals surface area (Å²) in [7, 11) is 0. The van der Waals surface area contributed by atoms with E-state index in [4.69, 9.17) is 0 Å². The first kappa shape index (κ1) is 14.0. The van der Waals surface area contributed by atoms with E-state index in [0.29, 0.717) is 19.5 Å². The highest BCUT2D eigenvalue weighted by Gasteiger charge is 2.25. The molecular weight excluding hydrogens is 234 g/mol. The lowest BCUT2D eigenvalue weighted by Crippen LogP contribution is -2.20. The Labute approximate surface area is 97.8 Å². The summed E-state index contributed by atoms with van der Waals surface area (Å²) < 4.78 is 48.0. The molecule has 0 amide bonds. The van der Waals surface area contributed by atoms with Gasteiger partial charge in [0.2, 0.25) is 0 Å². The van der Waals surface area contributed by atoms with Gasteiger partial charge in [-0.2, -0.15) is 13.2 Å². The monoisotopic (exact) mass is 249 g/mol. The van der Waals surface area contributed by atoms with Gasteiger partial charge in [0.15, 0.2) is 0 Å². The Kier molecular flexibility index (Phi) is 5.41. The van der Waals surface area contributed by atoms with Crippen molar-refractivity contribution in [1.82, 2.24) is 5.32 Å². The van der Waals surface area contributed by atoms with E-state index in [1.54, 1.807) is 12.1 Å². The van der Waals surface area contributed by atoms with Crippen molar-refractivity contribution in [2.45, 2.75) is 25.4 Å². The van der Waals surface area contributed by atoms with Crippen molar-refractivity contribution in [2.24, 2.45) is 0 Å². The first-order valence-electron chi connectivity index (χ1n) is 5.49. The lowest BCUT2D eigenvalue weighted by atomic mass is 10.1. The number of benzene rings is 1. The van der Waals surface area contributed by atoms with Gasteiger partial charge < -0.3 is 5.32 Å². The zero-order chi connectivity index (χ0) is 12.7. The molecule has 0 unspecified atom stereocenters. The van der Waals surface area contributed by atoms with Crippen LogP contribution in [0.4, 0.5) is 17.6 Å². The van der Waals surface area contributed by atoms with Gasteiger partial charge in [-0.3, -0.25) is 0 Å². The first-order valence-corrected chi connectivity index (χ1v) is 5.49. The summed E-state index contributed by atoms with van der Waals surface area (Å²) in [4.78, 5) is 0. The van der Waals surface area contributed by atoms with Crippen LogP contribution in [-0.2, 0) is 6.42 Å². The molecule has 17 heavy (non-hydrogen) atoms. The average molecular weight is 249 g/mol. The highest BCUT2D eigenvalue weighted by atomic mass is 19.4. The van der Waals surface area contributed by atoms with Crippen molar-refractivity contribution in [2.75, 3.05) is 13.1 Å². The smallest absolute Gasteiger partial charge is 0.316 e. The third-order valence-electron chi connectivity index (χ3n) is 2.32. The van der Waals surface area contributed by atoms with Gasteiger partial charge in [0.1, 0.15) is 5.82 Å². The van der Waals surface area contributed by atoms with Crippen molar-refractivity contribution < 1.29 is 17.6 Å². The molecule has 5 heteroatoms. The SMILES string of the molecule is Fc1ccc(CCNCCCC(F)(F)F)cc1. The predicted octanol–water partition coefficient (Wildman–Crippen LogP) is 3.30. The minimum atomic E-state index is -4.07. The van der Waals surface area contributed by atoms with Gasteiger partial charge >= 0.3 is 6.18 Å². The van der Waals surface area contributed by atoms with Crippen LogP contribution in [0, 0.1) is 5.82 Å². The normalized spacial score (nSPS) is 11.8. The van der Waals surface area contributed by atoms with E-state index < -0.39 is 12.6 Å². The standard InChI is InChI=1S/C12H15F4N/c13-11-4-2-10(3-5-11)6-9-17-8-1-7-12(14,15)16/h2-5,17H,1,6-9H2. The molecule has 0 saturated carbocycles. The minimum absolute atomic E-state index is 0.0902. The lowest BCUT2D eigenvalue weighted by Gasteiger charge is -2.07. The van der Waals surface area contributed by atoms with Crippen LogP contribution in [0.25, 0.3) is 0 Å². The second-order valence-corrected chi connectivity index (χ2v) is 3.85. The number of alkyl halides is 3. The van der Waals surface area contributed by atoms with Gasteiger partial charge in [-0.05, 0) is 43.6 Å². The number of halogens is 4. The van der Waals surface area contributed by atoms with E-state index in [1.807, 2.05) is 0 Å². The highest BCUT2D eigenvalue weighted by molar-refractivity contribution is 5.16. The Balaban J connectivity index is 2.07. The molecule has 1 aromatic rings. The molecule has 1 aromatic carbocycles. The maximum absolute atomic E-state index is 12.6. The Hall–Kier alpha value is -1.10. The molecule has 0 heterocycles. The summed E-state index contributed by atoms with van der Waals surface area (Å²) >= 11 is 0. The molecule has 0 aliphatic carbocycles. The van der Waals surface area contributed by atoms with Crippen molar-refractivity contribution in [1.29, 1.82) is 0 Å². The third-order valence-corrected chi connectivity index (χ3v) is 2.32. The minimum Gasteiger partial charge on any atom is -0.316 e. The van der Waals surface area contributed by atoms with Gasteiger partial charge in [0, 0.05) is 6.42 Å². The van der Waals surface area contributed by atoms with E-state index in [9.17, 15) is 17.6 Å². The third kappa shape index (κ3) is 6.94. The Morgan fingerprint density at radius 1 is 1.00 bits per heavy atom. The van der Waals surface area contributed by atoms with Gasteiger partial charge in [-0.1, -0.05) is 12.1 Å². The average Bonchev–Trinajstić information content (AvgIpc) is 2.24. The van der Waals surface area contributed by atoms with E-state index in [1.165, 1.54) is 12.1 Å². The van der Waals surface area contributed by atoms with Gasteiger partial charge in [-0.25, -0.2) is 4.39 Å². The van der Waals surface area contributed by atoms with E-state index in [-0.39, 0.29) is 12.2 Å². The second-order valence-electron chi connectivity index (χ2n) is 3.85. The molecule has 0 aliphatic heterocycles. The summed E-state index contributed by atoms with van der Waals surface area (Å²) in [6.07, 6.45) is -4.05. The molecule has 0 bridgehead atoms. The lowest BCUT2D eigenvalue weighted by molar-refractivity contribution is -0.135. The number of hydrogen-bond donors (Lipinski definition) is 1. The number of rotatable bonds is 6. The Bertz CT molecular complexity index is 318. The van der Waals surface area contributed by atoms with E-state index in [0.717, 1.165) is 5.56 Å². The highest BCUT2D eigenvalue weighted by Crippen LogP contribution is 2.20. The maximum Gasteiger partial charge on any atom is 0.389 e. The van der Waals surface area contributed by atoms with Crippen LogP contribution >= 0.6 is 0 Å². The van der Waals surface area contributed by atoms with Crippen LogP contribution in [0.5, 0.6) is 0 Å². The molecule has 0 atom stereocenters. The summed E-state index contributed by atoms with van der Waals surface area (Å²) in [5.41, 5.74) is 0.967. The summed E-state index contributed by atoms with van der Waals surface area (Å²) in [6.45, 7) is 0.949.